The van der Waals surface area contributed by atoms with Crippen LogP contribution in [0.2, 0.25) is 0 Å². The number of likely N-dealkylation sites (tertiary alicyclic amines) is 2. The fraction of sp³-hybridized carbons (Fsp3) is 0.400. The summed E-state index contributed by atoms with van der Waals surface area (Å²) in [6, 6.07) is 17.1. The van der Waals surface area contributed by atoms with E-state index in [0.717, 1.165) is 29.7 Å². The van der Waals surface area contributed by atoms with E-state index in [1.165, 1.54) is 0 Å². The average Bonchev–Trinajstić information content (AvgIpc) is 3.18. The van der Waals surface area contributed by atoms with Crippen LogP contribution in [0.15, 0.2) is 54.6 Å². The first kappa shape index (κ1) is 21.3. The lowest BCUT2D eigenvalue weighted by Crippen LogP contribution is -2.54. The van der Waals surface area contributed by atoms with Gasteiger partial charge in [0.1, 0.15) is 6.04 Å². The molecular formula is C25H29N5O3. The highest BCUT2D eigenvalue weighted by Crippen LogP contribution is 2.27. The Bertz CT molecular complexity index is 1040. The van der Waals surface area contributed by atoms with Crippen molar-refractivity contribution in [3.8, 4) is 0 Å². The molecule has 0 bridgehead atoms. The zero-order chi connectivity index (χ0) is 22.8. The first-order valence-electron chi connectivity index (χ1n) is 11.6. The minimum atomic E-state index is -0.469. The summed E-state index contributed by atoms with van der Waals surface area (Å²) in [5.74, 6) is -0.0225. The van der Waals surface area contributed by atoms with Crippen LogP contribution in [0.5, 0.6) is 0 Å². The summed E-state index contributed by atoms with van der Waals surface area (Å²) in [5, 5.41) is 5.90. The Labute approximate surface area is 193 Å². The number of carbonyl (C=O) groups excluding carboxylic acids is 3. The number of hydrogen-bond donors (Lipinski definition) is 2. The molecule has 0 radical (unpaired) electrons. The molecule has 8 nitrogen and oxygen atoms in total. The minimum absolute atomic E-state index is 0.0225. The molecule has 2 aromatic carbocycles. The summed E-state index contributed by atoms with van der Waals surface area (Å²) in [7, 11) is 0. The van der Waals surface area contributed by atoms with Gasteiger partial charge in [0, 0.05) is 44.5 Å². The molecular weight excluding hydrogens is 418 g/mol. The second-order valence-corrected chi connectivity index (χ2v) is 8.97. The van der Waals surface area contributed by atoms with E-state index in [0.29, 0.717) is 39.1 Å². The van der Waals surface area contributed by atoms with Crippen molar-refractivity contribution in [2.45, 2.75) is 44.4 Å². The van der Waals surface area contributed by atoms with Crippen LogP contribution < -0.4 is 10.6 Å². The Hall–Kier alpha value is -3.55. The fourth-order valence-corrected chi connectivity index (χ4v) is 4.97. The average molecular weight is 448 g/mol. The first-order valence-corrected chi connectivity index (χ1v) is 11.6. The van der Waals surface area contributed by atoms with Crippen LogP contribution in [-0.2, 0) is 17.9 Å². The molecule has 2 N–H and O–H groups in total. The topological polar surface area (TPSA) is 85.0 Å². The maximum atomic E-state index is 12.8. The van der Waals surface area contributed by atoms with Crippen LogP contribution in [0.1, 0.15) is 30.4 Å². The number of fused-ring (bicyclic) bond motifs is 1. The predicted octanol–water partition coefficient (Wildman–Crippen LogP) is 3.01. The number of rotatable bonds is 4. The molecule has 5 rings (SSSR count). The quantitative estimate of drug-likeness (QED) is 0.756. The van der Waals surface area contributed by atoms with E-state index in [9.17, 15) is 14.4 Å². The van der Waals surface area contributed by atoms with Gasteiger partial charge in [0.05, 0.1) is 0 Å². The van der Waals surface area contributed by atoms with E-state index in [-0.39, 0.29) is 24.0 Å². The van der Waals surface area contributed by atoms with E-state index >= 15 is 0 Å². The van der Waals surface area contributed by atoms with Crippen LogP contribution in [0, 0.1) is 0 Å². The normalized spacial score (nSPS) is 21.1. The monoisotopic (exact) mass is 447 g/mol. The summed E-state index contributed by atoms with van der Waals surface area (Å²) >= 11 is 0. The van der Waals surface area contributed by atoms with Gasteiger partial charge in [-0.25, -0.2) is 9.59 Å². The van der Waals surface area contributed by atoms with Crippen molar-refractivity contribution in [3.63, 3.8) is 0 Å². The summed E-state index contributed by atoms with van der Waals surface area (Å²) in [5.41, 5.74) is 3.07. The number of benzene rings is 2. The second-order valence-electron chi connectivity index (χ2n) is 8.97. The maximum absolute atomic E-state index is 12.8. The Kier molecular flexibility index (Phi) is 5.90. The highest BCUT2D eigenvalue weighted by molar-refractivity contribution is 5.92. The van der Waals surface area contributed by atoms with Crippen LogP contribution in [0.3, 0.4) is 0 Å². The van der Waals surface area contributed by atoms with Crippen molar-refractivity contribution < 1.29 is 14.4 Å². The SMILES string of the molecule is O=C(N[C@@H]1CCN(Cc2ccccc2)C1=O)N1CCC(N2Cc3ccccc3NC2=O)CC1. The Balaban J connectivity index is 1.12. The molecule has 0 aromatic heterocycles. The molecule has 3 aliphatic heterocycles. The van der Waals surface area contributed by atoms with E-state index in [1.54, 1.807) is 9.80 Å². The molecule has 1 atom stereocenters. The number of piperidine rings is 1. The lowest BCUT2D eigenvalue weighted by molar-refractivity contribution is -0.129. The van der Waals surface area contributed by atoms with E-state index in [2.05, 4.69) is 10.6 Å². The number of nitrogens with one attached hydrogen (secondary N) is 2. The van der Waals surface area contributed by atoms with Gasteiger partial charge in [-0.2, -0.15) is 0 Å². The predicted molar refractivity (Wildman–Crippen MR) is 124 cm³/mol. The number of para-hydroxylation sites is 1. The van der Waals surface area contributed by atoms with Crippen molar-refractivity contribution in [1.29, 1.82) is 0 Å². The zero-order valence-corrected chi connectivity index (χ0v) is 18.6. The highest BCUT2D eigenvalue weighted by Gasteiger charge is 2.36. The smallest absolute Gasteiger partial charge is 0.322 e. The van der Waals surface area contributed by atoms with Gasteiger partial charge in [-0.05, 0) is 36.5 Å². The van der Waals surface area contributed by atoms with Crippen molar-refractivity contribution in [3.05, 3.63) is 65.7 Å². The first-order chi connectivity index (χ1) is 16.1. The fourth-order valence-electron chi connectivity index (χ4n) is 4.97. The molecule has 0 unspecified atom stereocenters. The van der Waals surface area contributed by atoms with E-state index in [1.807, 2.05) is 59.5 Å². The van der Waals surface area contributed by atoms with Gasteiger partial charge < -0.3 is 25.3 Å². The number of anilines is 1. The molecule has 3 aliphatic rings. The van der Waals surface area contributed by atoms with Crippen molar-refractivity contribution in [2.24, 2.45) is 0 Å². The van der Waals surface area contributed by atoms with Crippen molar-refractivity contribution >= 4 is 23.7 Å². The van der Waals surface area contributed by atoms with Gasteiger partial charge in [0.15, 0.2) is 0 Å². The van der Waals surface area contributed by atoms with Crippen LogP contribution in [0.25, 0.3) is 0 Å². The molecule has 0 aliphatic carbocycles. The molecule has 2 fully saturated rings. The summed E-state index contributed by atoms with van der Waals surface area (Å²) < 4.78 is 0. The molecule has 2 saturated heterocycles. The van der Waals surface area contributed by atoms with Gasteiger partial charge >= 0.3 is 12.1 Å². The highest BCUT2D eigenvalue weighted by atomic mass is 16.2. The summed E-state index contributed by atoms with van der Waals surface area (Å²) in [6.45, 7) is 2.94. The largest absolute Gasteiger partial charge is 0.336 e. The van der Waals surface area contributed by atoms with Crippen molar-refractivity contribution in [2.75, 3.05) is 25.0 Å². The van der Waals surface area contributed by atoms with E-state index < -0.39 is 6.04 Å². The zero-order valence-electron chi connectivity index (χ0n) is 18.6. The number of nitrogens with zero attached hydrogens (tertiary/aromatic N) is 3. The van der Waals surface area contributed by atoms with Gasteiger partial charge in [-0.1, -0.05) is 48.5 Å². The molecule has 172 valence electrons. The standard InChI is InChI=1S/C25H29N5O3/c31-23-22(12-15-29(23)16-18-6-2-1-3-7-18)27-24(32)28-13-10-20(11-14-28)30-17-19-8-4-5-9-21(19)26-25(30)33/h1-9,20,22H,10-17H2,(H,26,33)(H,27,32)/t22-/m1/s1. The van der Waals surface area contributed by atoms with Gasteiger partial charge in [-0.15, -0.1) is 0 Å². The summed E-state index contributed by atoms with van der Waals surface area (Å²) in [6.07, 6.45) is 2.07. The molecule has 33 heavy (non-hydrogen) atoms. The van der Waals surface area contributed by atoms with Crippen molar-refractivity contribution in [1.82, 2.24) is 20.0 Å². The summed E-state index contributed by atoms with van der Waals surface area (Å²) in [4.78, 5) is 43.6. The lowest BCUT2D eigenvalue weighted by atomic mass is 10.0. The molecule has 0 saturated carbocycles. The third kappa shape index (κ3) is 4.51. The third-order valence-electron chi connectivity index (χ3n) is 6.86. The van der Waals surface area contributed by atoms with Crippen LogP contribution in [0.4, 0.5) is 15.3 Å². The van der Waals surface area contributed by atoms with E-state index in [4.69, 9.17) is 0 Å². The molecule has 3 heterocycles. The number of urea groups is 2. The molecule has 8 heteroatoms. The van der Waals surface area contributed by atoms with Crippen LogP contribution >= 0.6 is 0 Å². The molecule has 5 amide bonds. The number of hydrogen-bond acceptors (Lipinski definition) is 3. The Morgan fingerprint density at radius 3 is 2.45 bits per heavy atom. The van der Waals surface area contributed by atoms with Gasteiger partial charge in [-0.3, -0.25) is 4.79 Å². The molecule has 2 aromatic rings. The maximum Gasteiger partial charge on any atom is 0.322 e. The second kappa shape index (κ2) is 9.13. The Morgan fingerprint density at radius 1 is 0.939 bits per heavy atom. The minimum Gasteiger partial charge on any atom is -0.336 e. The third-order valence-corrected chi connectivity index (χ3v) is 6.86. The number of carbonyl (C=O) groups is 3. The van der Waals surface area contributed by atoms with Crippen LogP contribution in [-0.4, -0.2) is 64.4 Å². The van der Waals surface area contributed by atoms with Gasteiger partial charge in [0.25, 0.3) is 0 Å². The Morgan fingerprint density at radius 2 is 1.67 bits per heavy atom. The molecule has 0 spiro atoms. The number of amides is 5. The lowest BCUT2D eigenvalue weighted by Gasteiger charge is -2.40. The van der Waals surface area contributed by atoms with Gasteiger partial charge in [0.2, 0.25) is 5.91 Å².